The van der Waals surface area contributed by atoms with Crippen LogP contribution in [0, 0.1) is 0 Å². The molecule has 1 aliphatic carbocycles. The maximum Gasteiger partial charge on any atom is 0.407 e. The minimum absolute atomic E-state index is 0.228. The highest BCUT2D eigenvalue weighted by atomic mass is 16.5. The van der Waals surface area contributed by atoms with Gasteiger partial charge in [0.25, 0.3) is 0 Å². The number of ether oxygens (including phenoxy) is 1. The SMILES string of the molecule is CCN(CCN)C1CCC(NC(=O)OCc2ccccc2)CC1. The first-order chi connectivity index (χ1) is 11.2. The van der Waals surface area contributed by atoms with E-state index in [-0.39, 0.29) is 12.1 Å². The third-order valence-corrected chi connectivity index (χ3v) is 4.57. The molecule has 0 atom stereocenters. The van der Waals surface area contributed by atoms with E-state index in [1.807, 2.05) is 30.3 Å². The Labute approximate surface area is 139 Å². The lowest BCUT2D eigenvalue weighted by molar-refractivity contribution is 0.122. The molecule has 1 saturated carbocycles. The molecule has 0 spiro atoms. The van der Waals surface area contributed by atoms with Crippen LogP contribution in [0.2, 0.25) is 0 Å². The number of hydrogen-bond acceptors (Lipinski definition) is 4. The Kier molecular flexibility index (Phi) is 7.36. The fourth-order valence-corrected chi connectivity index (χ4v) is 3.28. The van der Waals surface area contributed by atoms with Crippen LogP contribution in [0.1, 0.15) is 38.2 Å². The topological polar surface area (TPSA) is 67.6 Å². The molecule has 1 fully saturated rings. The maximum atomic E-state index is 11.9. The lowest BCUT2D eigenvalue weighted by atomic mass is 9.90. The Balaban J connectivity index is 1.68. The minimum atomic E-state index is -0.313. The minimum Gasteiger partial charge on any atom is -0.445 e. The predicted octanol–water partition coefficient (Wildman–Crippen LogP) is 2.50. The number of nitrogens with two attached hydrogens (primary N) is 1. The molecule has 5 heteroatoms. The maximum absolute atomic E-state index is 11.9. The lowest BCUT2D eigenvalue weighted by Crippen LogP contribution is -2.45. The second kappa shape index (κ2) is 9.53. The highest BCUT2D eigenvalue weighted by Crippen LogP contribution is 2.23. The zero-order chi connectivity index (χ0) is 16.5. The van der Waals surface area contributed by atoms with Gasteiger partial charge in [0, 0.05) is 25.2 Å². The lowest BCUT2D eigenvalue weighted by Gasteiger charge is -2.36. The van der Waals surface area contributed by atoms with E-state index in [2.05, 4.69) is 17.1 Å². The largest absolute Gasteiger partial charge is 0.445 e. The van der Waals surface area contributed by atoms with Crippen molar-refractivity contribution in [3.8, 4) is 0 Å². The van der Waals surface area contributed by atoms with Gasteiger partial charge in [0.15, 0.2) is 0 Å². The molecule has 1 aromatic carbocycles. The molecule has 5 nitrogen and oxygen atoms in total. The number of carbonyl (C=O) groups is 1. The van der Waals surface area contributed by atoms with Gasteiger partial charge in [-0.3, -0.25) is 4.90 Å². The normalized spacial score (nSPS) is 21.2. The van der Waals surface area contributed by atoms with E-state index < -0.39 is 0 Å². The van der Waals surface area contributed by atoms with Crippen LogP contribution in [0.25, 0.3) is 0 Å². The molecule has 23 heavy (non-hydrogen) atoms. The summed E-state index contributed by atoms with van der Waals surface area (Å²) in [5.41, 5.74) is 6.68. The first-order valence-corrected chi connectivity index (χ1v) is 8.64. The van der Waals surface area contributed by atoms with Gasteiger partial charge in [0.1, 0.15) is 6.61 Å². The van der Waals surface area contributed by atoms with Gasteiger partial charge in [0.2, 0.25) is 0 Å². The van der Waals surface area contributed by atoms with Gasteiger partial charge < -0.3 is 15.8 Å². The first-order valence-electron chi connectivity index (χ1n) is 8.64. The Bertz CT molecular complexity index is 459. The average Bonchev–Trinajstić information content (AvgIpc) is 2.60. The molecular weight excluding hydrogens is 290 g/mol. The summed E-state index contributed by atoms with van der Waals surface area (Å²) in [6, 6.07) is 10.6. The fraction of sp³-hybridized carbons (Fsp3) is 0.611. The summed E-state index contributed by atoms with van der Waals surface area (Å²) in [6.07, 6.45) is 3.92. The molecule has 0 aliphatic heterocycles. The molecule has 2 rings (SSSR count). The first kappa shape index (κ1) is 17.8. The second-order valence-electron chi connectivity index (χ2n) is 6.13. The predicted molar refractivity (Wildman–Crippen MR) is 92.1 cm³/mol. The Morgan fingerprint density at radius 1 is 1.26 bits per heavy atom. The second-order valence-corrected chi connectivity index (χ2v) is 6.13. The van der Waals surface area contributed by atoms with Crippen LogP contribution >= 0.6 is 0 Å². The molecule has 0 bridgehead atoms. The molecule has 1 aromatic rings. The van der Waals surface area contributed by atoms with Gasteiger partial charge >= 0.3 is 6.09 Å². The Morgan fingerprint density at radius 2 is 1.96 bits per heavy atom. The van der Waals surface area contributed by atoms with Gasteiger partial charge in [-0.1, -0.05) is 37.3 Å². The number of nitrogens with one attached hydrogen (secondary N) is 1. The van der Waals surface area contributed by atoms with Crippen molar-refractivity contribution in [1.29, 1.82) is 0 Å². The summed E-state index contributed by atoms with van der Waals surface area (Å²) in [5.74, 6) is 0. The molecule has 0 radical (unpaired) electrons. The van der Waals surface area contributed by atoms with E-state index in [0.717, 1.165) is 44.3 Å². The summed E-state index contributed by atoms with van der Waals surface area (Å²) < 4.78 is 5.29. The number of likely N-dealkylation sites (N-methyl/N-ethyl adjacent to an activating group) is 1. The molecule has 3 N–H and O–H groups in total. The summed E-state index contributed by atoms with van der Waals surface area (Å²) >= 11 is 0. The molecule has 128 valence electrons. The molecule has 0 unspecified atom stereocenters. The summed E-state index contributed by atoms with van der Waals surface area (Å²) in [6.45, 7) is 5.21. The fourth-order valence-electron chi connectivity index (χ4n) is 3.28. The van der Waals surface area contributed by atoms with Crippen LogP contribution in [0.15, 0.2) is 30.3 Å². The number of hydrogen-bond donors (Lipinski definition) is 2. The van der Waals surface area contributed by atoms with E-state index in [1.165, 1.54) is 0 Å². The van der Waals surface area contributed by atoms with Crippen LogP contribution in [0.4, 0.5) is 4.79 Å². The van der Waals surface area contributed by atoms with Crippen molar-refractivity contribution in [3.05, 3.63) is 35.9 Å². The third-order valence-electron chi connectivity index (χ3n) is 4.57. The quantitative estimate of drug-likeness (QED) is 0.810. The van der Waals surface area contributed by atoms with Gasteiger partial charge in [0.05, 0.1) is 0 Å². The number of rotatable bonds is 7. The van der Waals surface area contributed by atoms with Crippen molar-refractivity contribution in [2.24, 2.45) is 5.73 Å². The monoisotopic (exact) mass is 319 g/mol. The summed E-state index contributed by atoms with van der Waals surface area (Å²) in [4.78, 5) is 14.3. The van der Waals surface area contributed by atoms with E-state index in [0.29, 0.717) is 19.2 Å². The molecule has 1 aliphatic rings. The third kappa shape index (κ3) is 5.84. The van der Waals surface area contributed by atoms with Crippen molar-refractivity contribution in [3.63, 3.8) is 0 Å². The molecular formula is C18H29N3O2. The van der Waals surface area contributed by atoms with Crippen LogP contribution < -0.4 is 11.1 Å². The standard InChI is InChI=1S/C18H29N3O2/c1-2-21(13-12-19)17-10-8-16(9-11-17)20-18(22)23-14-15-6-4-3-5-7-15/h3-7,16-17H,2,8-14,19H2,1H3,(H,20,22). The van der Waals surface area contributed by atoms with E-state index in [1.54, 1.807) is 0 Å². The van der Waals surface area contributed by atoms with Gasteiger partial charge in [-0.2, -0.15) is 0 Å². The van der Waals surface area contributed by atoms with Gasteiger partial charge in [-0.15, -0.1) is 0 Å². The highest BCUT2D eigenvalue weighted by Gasteiger charge is 2.25. The van der Waals surface area contributed by atoms with Crippen LogP contribution in [-0.4, -0.2) is 42.7 Å². The van der Waals surface area contributed by atoms with Crippen molar-refractivity contribution < 1.29 is 9.53 Å². The number of benzene rings is 1. The van der Waals surface area contributed by atoms with Crippen molar-refractivity contribution >= 4 is 6.09 Å². The Morgan fingerprint density at radius 3 is 2.57 bits per heavy atom. The average molecular weight is 319 g/mol. The Hall–Kier alpha value is -1.59. The van der Waals surface area contributed by atoms with Gasteiger partial charge in [-0.05, 0) is 37.8 Å². The summed E-state index contributed by atoms with van der Waals surface area (Å²) in [5, 5.41) is 2.99. The van der Waals surface area contributed by atoms with Gasteiger partial charge in [-0.25, -0.2) is 4.79 Å². The number of carbonyl (C=O) groups excluding carboxylic acids is 1. The molecule has 0 saturated heterocycles. The van der Waals surface area contributed by atoms with E-state index in [4.69, 9.17) is 10.5 Å². The van der Waals surface area contributed by atoms with Crippen LogP contribution in [0.5, 0.6) is 0 Å². The summed E-state index contributed by atoms with van der Waals surface area (Å²) in [7, 11) is 0. The van der Waals surface area contributed by atoms with Crippen molar-refractivity contribution in [2.45, 2.75) is 51.3 Å². The smallest absolute Gasteiger partial charge is 0.407 e. The highest BCUT2D eigenvalue weighted by molar-refractivity contribution is 5.67. The van der Waals surface area contributed by atoms with E-state index in [9.17, 15) is 4.79 Å². The van der Waals surface area contributed by atoms with E-state index >= 15 is 0 Å². The van der Waals surface area contributed by atoms with Crippen molar-refractivity contribution in [1.82, 2.24) is 10.2 Å². The number of alkyl carbamates (subject to hydrolysis) is 1. The van der Waals surface area contributed by atoms with Crippen LogP contribution in [-0.2, 0) is 11.3 Å². The molecule has 1 amide bonds. The molecule has 0 heterocycles. The van der Waals surface area contributed by atoms with Crippen molar-refractivity contribution in [2.75, 3.05) is 19.6 Å². The number of nitrogens with zero attached hydrogens (tertiary/aromatic N) is 1. The number of amides is 1. The van der Waals surface area contributed by atoms with Crippen LogP contribution in [0.3, 0.4) is 0 Å². The molecule has 0 aromatic heterocycles. The zero-order valence-electron chi connectivity index (χ0n) is 14.0. The zero-order valence-corrected chi connectivity index (χ0v) is 14.0.